The van der Waals surface area contributed by atoms with Crippen LogP contribution in [0.5, 0.6) is 0 Å². The lowest BCUT2D eigenvalue weighted by Gasteiger charge is -2.04. The highest BCUT2D eigenvalue weighted by atomic mass is 16.5. The third-order valence-electron chi connectivity index (χ3n) is 2.43. The maximum absolute atomic E-state index is 11.5. The monoisotopic (exact) mass is 242 g/mol. The van der Waals surface area contributed by atoms with Crippen LogP contribution in [0.15, 0.2) is 55.4 Å². The summed E-state index contributed by atoms with van der Waals surface area (Å²) >= 11 is 0. The standard InChI is InChI=1S/C14H14N2O2/c1-2-10-18-14(17)13-6-4-12(5-7-13)11-16-9-3-8-15-16/h2-9H,1,10-11H2. The number of benzene rings is 1. The van der Waals surface area contributed by atoms with Crippen molar-refractivity contribution in [2.24, 2.45) is 0 Å². The van der Waals surface area contributed by atoms with Gasteiger partial charge in [-0.3, -0.25) is 4.68 Å². The molecule has 0 bridgehead atoms. The zero-order valence-electron chi connectivity index (χ0n) is 9.95. The van der Waals surface area contributed by atoms with Gasteiger partial charge in [0.2, 0.25) is 0 Å². The fraction of sp³-hybridized carbons (Fsp3) is 0.143. The van der Waals surface area contributed by atoms with Crippen LogP contribution >= 0.6 is 0 Å². The molecule has 1 heterocycles. The van der Waals surface area contributed by atoms with Crippen molar-refractivity contribution in [3.63, 3.8) is 0 Å². The predicted molar refractivity (Wildman–Crippen MR) is 68.3 cm³/mol. The van der Waals surface area contributed by atoms with E-state index in [-0.39, 0.29) is 12.6 Å². The van der Waals surface area contributed by atoms with E-state index in [9.17, 15) is 4.79 Å². The quantitative estimate of drug-likeness (QED) is 0.596. The van der Waals surface area contributed by atoms with Gasteiger partial charge >= 0.3 is 5.97 Å². The molecule has 0 aliphatic heterocycles. The van der Waals surface area contributed by atoms with E-state index in [0.717, 1.165) is 5.56 Å². The predicted octanol–water partition coefficient (Wildman–Crippen LogP) is 2.27. The number of aromatic nitrogens is 2. The average molecular weight is 242 g/mol. The van der Waals surface area contributed by atoms with Gasteiger partial charge in [-0.2, -0.15) is 5.10 Å². The van der Waals surface area contributed by atoms with Crippen LogP contribution in [0, 0.1) is 0 Å². The first-order valence-corrected chi connectivity index (χ1v) is 5.64. The molecule has 18 heavy (non-hydrogen) atoms. The zero-order valence-corrected chi connectivity index (χ0v) is 9.95. The van der Waals surface area contributed by atoms with Crippen molar-refractivity contribution in [2.45, 2.75) is 6.54 Å². The second-order valence-corrected chi connectivity index (χ2v) is 3.79. The van der Waals surface area contributed by atoms with E-state index in [1.54, 1.807) is 24.4 Å². The lowest BCUT2D eigenvalue weighted by Crippen LogP contribution is -2.05. The number of carbonyl (C=O) groups is 1. The number of esters is 1. The molecule has 0 spiro atoms. The summed E-state index contributed by atoms with van der Waals surface area (Å²) in [6, 6.07) is 9.17. The summed E-state index contributed by atoms with van der Waals surface area (Å²) in [5.41, 5.74) is 1.63. The number of hydrogen-bond donors (Lipinski definition) is 0. The Balaban J connectivity index is 2.01. The zero-order chi connectivity index (χ0) is 12.8. The largest absolute Gasteiger partial charge is 0.458 e. The Bertz CT molecular complexity index is 515. The van der Waals surface area contributed by atoms with Gasteiger partial charge in [0.05, 0.1) is 12.1 Å². The van der Waals surface area contributed by atoms with Gasteiger partial charge in [-0.1, -0.05) is 24.8 Å². The molecule has 1 aromatic carbocycles. The van der Waals surface area contributed by atoms with Crippen molar-refractivity contribution >= 4 is 5.97 Å². The average Bonchev–Trinajstić information content (AvgIpc) is 2.89. The maximum atomic E-state index is 11.5. The fourth-order valence-electron chi connectivity index (χ4n) is 1.55. The summed E-state index contributed by atoms with van der Waals surface area (Å²) in [4.78, 5) is 11.5. The van der Waals surface area contributed by atoms with Crippen molar-refractivity contribution in [3.8, 4) is 0 Å². The number of ether oxygens (including phenoxy) is 1. The van der Waals surface area contributed by atoms with Crippen LogP contribution in [0.4, 0.5) is 0 Å². The van der Waals surface area contributed by atoms with Gasteiger partial charge < -0.3 is 4.74 Å². The summed E-state index contributed by atoms with van der Waals surface area (Å²) < 4.78 is 6.77. The number of hydrogen-bond acceptors (Lipinski definition) is 3. The second-order valence-electron chi connectivity index (χ2n) is 3.79. The minimum absolute atomic E-state index is 0.230. The van der Waals surface area contributed by atoms with Gasteiger partial charge in [0.1, 0.15) is 6.61 Å². The molecule has 0 radical (unpaired) electrons. The Morgan fingerprint density at radius 2 is 2.17 bits per heavy atom. The minimum atomic E-state index is -0.333. The maximum Gasteiger partial charge on any atom is 0.338 e. The summed E-state index contributed by atoms with van der Waals surface area (Å²) in [6.45, 7) is 4.41. The van der Waals surface area contributed by atoms with Crippen LogP contribution in [-0.2, 0) is 11.3 Å². The Hall–Kier alpha value is -2.36. The number of carbonyl (C=O) groups excluding carboxylic acids is 1. The van der Waals surface area contributed by atoms with E-state index < -0.39 is 0 Å². The van der Waals surface area contributed by atoms with E-state index >= 15 is 0 Å². The summed E-state index contributed by atoms with van der Waals surface area (Å²) in [5.74, 6) is -0.333. The molecule has 0 aliphatic carbocycles. The van der Waals surface area contributed by atoms with Crippen LogP contribution in [0.3, 0.4) is 0 Å². The molecule has 0 saturated carbocycles. The Morgan fingerprint density at radius 3 is 2.78 bits per heavy atom. The minimum Gasteiger partial charge on any atom is -0.458 e. The summed E-state index contributed by atoms with van der Waals surface area (Å²) in [5, 5.41) is 4.12. The van der Waals surface area contributed by atoms with Crippen molar-refractivity contribution in [2.75, 3.05) is 6.61 Å². The van der Waals surface area contributed by atoms with Crippen LogP contribution in [0.25, 0.3) is 0 Å². The van der Waals surface area contributed by atoms with Crippen molar-refractivity contribution < 1.29 is 9.53 Å². The van der Waals surface area contributed by atoms with Crippen LogP contribution in [0.1, 0.15) is 15.9 Å². The number of rotatable bonds is 5. The molecule has 4 heteroatoms. The topological polar surface area (TPSA) is 44.1 Å². The van der Waals surface area contributed by atoms with Crippen molar-refractivity contribution in [1.82, 2.24) is 9.78 Å². The third kappa shape index (κ3) is 3.07. The van der Waals surface area contributed by atoms with E-state index in [4.69, 9.17) is 4.74 Å². The molecule has 0 N–H and O–H groups in total. The van der Waals surface area contributed by atoms with E-state index in [1.165, 1.54) is 0 Å². The van der Waals surface area contributed by atoms with Gasteiger partial charge in [0.25, 0.3) is 0 Å². The smallest absolute Gasteiger partial charge is 0.338 e. The first-order valence-electron chi connectivity index (χ1n) is 5.64. The lowest BCUT2D eigenvalue weighted by atomic mass is 10.1. The molecule has 0 fully saturated rings. The highest BCUT2D eigenvalue weighted by molar-refractivity contribution is 5.89. The van der Waals surface area contributed by atoms with Gasteiger partial charge in [-0.25, -0.2) is 4.79 Å². The summed E-state index contributed by atoms with van der Waals surface area (Å²) in [7, 11) is 0. The molecular formula is C14H14N2O2. The Morgan fingerprint density at radius 1 is 1.39 bits per heavy atom. The molecule has 2 aromatic rings. The highest BCUT2D eigenvalue weighted by Gasteiger charge is 2.05. The molecule has 0 unspecified atom stereocenters. The first kappa shape index (κ1) is 12.1. The summed E-state index contributed by atoms with van der Waals surface area (Å²) in [6.07, 6.45) is 5.18. The van der Waals surface area contributed by atoms with Crippen LogP contribution in [0.2, 0.25) is 0 Å². The van der Waals surface area contributed by atoms with Gasteiger partial charge in [0, 0.05) is 12.4 Å². The molecule has 1 aromatic heterocycles. The SMILES string of the molecule is C=CCOC(=O)c1ccc(Cn2cccn2)cc1. The molecule has 0 atom stereocenters. The molecule has 4 nitrogen and oxygen atoms in total. The van der Waals surface area contributed by atoms with E-state index in [0.29, 0.717) is 12.1 Å². The van der Waals surface area contributed by atoms with Gasteiger partial charge in [0.15, 0.2) is 0 Å². The third-order valence-corrected chi connectivity index (χ3v) is 2.43. The Kier molecular flexibility index (Phi) is 3.91. The first-order chi connectivity index (χ1) is 8.79. The normalized spacial score (nSPS) is 10.0. The van der Waals surface area contributed by atoms with Gasteiger partial charge in [-0.05, 0) is 23.8 Å². The van der Waals surface area contributed by atoms with Crippen molar-refractivity contribution in [1.29, 1.82) is 0 Å². The molecule has 2 rings (SSSR count). The van der Waals surface area contributed by atoms with Crippen LogP contribution < -0.4 is 0 Å². The van der Waals surface area contributed by atoms with Crippen molar-refractivity contribution in [3.05, 3.63) is 66.5 Å². The molecule has 0 saturated heterocycles. The molecular weight excluding hydrogens is 228 g/mol. The molecule has 0 amide bonds. The lowest BCUT2D eigenvalue weighted by molar-refractivity contribution is 0.0550. The Labute approximate surface area is 106 Å². The molecule has 0 aliphatic rings. The second kappa shape index (κ2) is 5.82. The fourth-order valence-corrected chi connectivity index (χ4v) is 1.55. The number of nitrogens with zero attached hydrogens (tertiary/aromatic N) is 2. The van der Waals surface area contributed by atoms with E-state index in [1.807, 2.05) is 29.1 Å². The van der Waals surface area contributed by atoms with Crippen LogP contribution in [-0.4, -0.2) is 22.4 Å². The molecule has 92 valence electrons. The van der Waals surface area contributed by atoms with Gasteiger partial charge in [-0.15, -0.1) is 0 Å². The van der Waals surface area contributed by atoms with E-state index in [2.05, 4.69) is 11.7 Å². The highest BCUT2D eigenvalue weighted by Crippen LogP contribution is 2.07.